The summed E-state index contributed by atoms with van der Waals surface area (Å²) >= 11 is 0. The molecule has 1 aromatic carbocycles. The summed E-state index contributed by atoms with van der Waals surface area (Å²) in [5, 5.41) is 9.42. The van der Waals surface area contributed by atoms with Gasteiger partial charge in [-0.15, -0.1) is 0 Å². The molecule has 126 valence electrons. The van der Waals surface area contributed by atoms with Crippen LogP contribution in [0.5, 0.6) is 5.75 Å². The second-order valence-corrected chi connectivity index (χ2v) is 9.13. The highest BCUT2D eigenvalue weighted by Crippen LogP contribution is 2.57. The average Bonchev–Trinajstić information content (AvgIpc) is 2.54. The predicted octanol–water partition coefficient (Wildman–Crippen LogP) is 2.89. The van der Waals surface area contributed by atoms with Crippen molar-refractivity contribution >= 4 is 15.8 Å². The summed E-state index contributed by atoms with van der Waals surface area (Å²) in [6, 6.07) is 6.47. The zero-order valence-corrected chi connectivity index (χ0v) is 14.1. The Morgan fingerprint density at radius 3 is 2.04 bits per heavy atom. The molecule has 0 aliphatic heterocycles. The Labute approximate surface area is 136 Å². The number of hydrogen-bond acceptors (Lipinski definition) is 4. The molecule has 0 radical (unpaired) electrons. The molecule has 3 aliphatic carbocycles. The Bertz CT molecular complexity index is 680. The van der Waals surface area contributed by atoms with E-state index in [0.717, 1.165) is 38.5 Å². The van der Waals surface area contributed by atoms with Crippen molar-refractivity contribution in [2.75, 3.05) is 12.9 Å². The predicted molar refractivity (Wildman–Crippen MR) is 85.3 cm³/mol. The maximum absolute atomic E-state index is 11.4. The summed E-state index contributed by atoms with van der Waals surface area (Å²) in [5.41, 5.74) is -0.425. The van der Waals surface area contributed by atoms with Crippen molar-refractivity contribution in [2.45, 2.75) is 43.4 Å². The van der Waals surface area contributed by atoms with Crippen LogP contribution in [0.25, 0.3) is 0 Å². The van der Waals surface area contributed by atoms with Gasteiger partial charge >= 0.3 is 5.97 Å². The smallest absolute Gasteiger partial charge is 0.309 e. The third-order valence-electron chi connectivity index (χ3n) is 5.65. The molecule has 1 aromatic rings. The van der Waals surface area contributed by atoms with Gasteiger partial charge in [-0.05, 0) is 62.8 Å². The molecule has 0 saturated heterocycles. The highest BCUT2D eigenvalue weighted by molar-refractivity contribution is 7.90. The first-order valence-electron chi connectivity index (χ1n) is 7.91. The van der Waals surface area contributed by atoms with Crippen molar-refractivity contribution in [2.24, 2.45) is 10.8 Å². The molecule has 0 aromatic heterocycles. The van der Waals surface area contributed by atoms with Crippen LogP contribution in [0.3, 0.4) is 0 Å². The topological polar surface area (TPSA) is 80.7 Å². The summed E-state index contributed by atoms with van der Waals surface area (Å²) in [7, 11) is -3.19. The van der Waals surface area contributed by atoms with E-state index in [1.807, 2.05) is 0 Å². The number of carbonyl (C=O) groups is 1. The van der Waals surface area contributed by atoms with E-state index in [0.29, 0.717) is 12.4 Å². The molecule has 0 unspecified atom stereocenters. The molecule has 23 heavy (non-hydrogen) atoms. The van der Waals surface area contributed by atoms with E-state index in [1.54, 1.807) is 24.3 Å². The number of carboxylic acid groups (broad SMARTS) is 1. The molecule has 0 heterocycles. The Morgan fingerprint density at radius 2 is 1.61 bits per heavy atom. The minimum Gasteiger partial charge on any atom is -0.493 e. The summed E-state index contributed by atoms with van der Waals surface area (Å²) in [6.45, 7) is 0.570. The van der Waals surface area contributed by atoms with Crippen molar-refractivity contribution in [1.82, 2.24) is 0 Å². The van der Waals surface area contributed by atoms with Crippen LogP contribution in [0.15, 0.2) is 29.2 Å². The Hall–Kier alpha value is -1.56. The fourth-order valence-corrected chi connectivity index (χ4v) is 4.45. The lowest BCUT2D eigenvalue weighted by Crippen LogP contribution is -2.48. The number of carboxylic acids is 1. The Balaban J connectivity index is 1.63. The second kappa shape index (κ2) is 5.51. The minimum absolute atomic E-state index is 0.0761. The number of fused-ring (bicyclic) bond motifs is 3. The zero-order valence-electron chi connectivity index (χ0n) is 13.2. The molecular formula is C17H22O5S. The van der Waals surface area contributed by atoms with Gasteiger partial charge in [0.2, 0.25) is 0 Å². The van der Waals surface area contributed by atoms with E-state index in [1.165, 1.54) is 6.26 Å². The van der Waals surface area contributed by atoms with Gasteiger partial charge in [0.25, 0.3) is 0 Å². The Morgan fingerprint density at radius 1 is 1.09 bits per heavy atom. The Kier molecular flexibility index (Phi) is 3.91. The van der Waals surface area contributed by atoms with Gasteiger partial charge in [0.05, 0.1) is 16.9 Å². The zero-order chi connectivity index (χ0) is 16.7. The molecule has 5 nitrogen and oxygen atoms in total. The quantitative estimate of drug-likeness (QED) is 0.893. The first kappa shape index (κ1) is 16.3. The number of sulfone groups is 1. The molecule has 3 aliphatic rings. The van der Waals surface area contributed by atoms with E-state index < -0.39 is 21.2 Å². The van der Waals surface area contributed by atoms with Crippen LogP contribution < -0.4 is 4.74 Å². The number of aliphatic carboxylic acids is 1. The standard InChI is InChI=1S/C17H22O5S/c1-23(20,21)14-4-2-13(3-5-14)22-12-16-6-9-17(10-7-16,11-8-16)15(18)19/h2-5H,6-12H2,1H3,(H,18,19). The minimum atomic E-state index is -3.19. The molecule has 0 amide bonds. The second-order valence-electron chi connectivity index (χ2n) is 7.12. The van der Waals surface area contributed by atoms with Gasteiger partial charge in [-0.1, -0.05) is 0 Å². The molecule has 3 saturated carbocycles. The van der Waals surface area contributed by atoms with Crippen LogP contribution >= 0.6 is 0 Å². The van der Waals surface area contributed by atoms with Crippen molar-refractivity contribution in [3.63, 3.8) is 0 Å². The van der Waals surface area contributed by atoms with E-state index in [9.17, 15) is 18.3 Å². The summed E-state index contributed by atoms with van der Waals surface area (Å²) in [6.07, 6.45) is 6.05. The molecule has 4 rings (SSSR count). The number of ether oxygens (including phenoxy) is 1. The third kappa shape index (κ3) is 3.09. The van der Waals surface area contributed by atoms with Crippen LogP contribution in [-0.4, -0.2) is 32.4 Å². The number of hydrogen-bond donors (Lipinski definition) is 1. The first-order chi connectivity index (χ1) is 10.7. The van der Waals surface area contributed by atoms with Crippen molar-refractivity contribution in [3.8, 4) is 5.75 Å². The molecule has 6 heteroatoms. The molecule has 1 N–H and O–H groups in total. The monoisotopic (exact) mass is 338 g/mol. The molecule has 0 atom stereocenters. The van der Waals surface area contributed by atoms with Gasteiger partial charge in [-0.25, -0.2) is 8.42 Å². The maximum Gasteiger partial charge on any atom is 0.309 e. The van der Waals surface area contributed by atoms with Gasteiger partial charge in [-0.3, -0.25) is 4.79 Å². The van der Waals surface area contributed by atoms with Crippen LogP contribution in [-0.2, 0) is 14.6 Å². The lowest BCUT2D eigenvalue weighted by molar-refractivity contribution is -0.160. The van der Waals surface area contributed by atoms with E-state index in [-0.39, 0.29) is 10.3 Å². The van der Waals surface area contributed by atoms with Crippen molar-refractivity contribution < 1.29 is 23.1 Å². The number of rotatable bonds is 5. The van der Waals surface area contributed by atoms with E-state index in [2.05, 4.69) is 0 Å². The number of benzene rings is 1. The summed E-state index contributed by atoms with van der Waals surface area (Å²) in [5.74, 6) is 0.00972. The van der Waals surface area contributed by atoms with Gasteiger partial charge in [0.15, 0.2) is 9.84 Å². The normalized spacial score (nSPS) is 30.1. The molecule has 3 fully saturated rings. The molecular weight excluding hydrogens is 316 g/mol. The maximum atomic E-state index is 11.4. The van der Waals surface area contributed by atoms with Crippen molar-refractivity contribution in [1.29, 1.82) is 0 Å². The van der Waals surface area contributed by atoms with E-state index in [4.69, 9.17) is 4.74 Å². The third-order valence-corrected chi connectivity index (χ3v) is 6.78. The average molecular weight is 338 g/mol. The van der Waals surface area contributed by atoms with Crippen LogP contribution in [0, 0.1) is 10.8 Å². The van der Waals surface area contributed by atoms with Gasteiger partial charge in [0.1, 0.15) is 5.75 Å². The van der Waals surface area contributed by atoms with Gasteiger partial charge in [-0.2, -0.15) is 0 Å². The van der Waals surface area contributed by atoms with E-state index >= 15 is 0 Å². The lowest BCUT2D eigenvalue weighted by atomic mass is 9.54. The highest BCUT2D eigenvalue weighted by Gasteiger charge is 2.52. The highest BCUT2D eigenvalue weighted by atomic mass is 32.2. The fourth-order valence-electron chi connectivity index (χ4n) is 3.82. The van der Waals surface area contributed by atoms with Gasteiger partial charge in [0, 0.05) is 11.7 Å². The summed E-state index contributed by atoms with van der Waals surface area (Å²) < 4.78 is 28.8. The summed E-state index contributed by atoms with van der Waals surface area (Å²) in [4.78, 5) is 11.7. The van der Waals surface area contributed by atoms with Crippen molar-refractivity contribution in [3.05, 3.63) is 24.3 Å². The SMILES string of the molecule is CS(=O)(=O)c1ccc(OCC23CCC(C(=O)O)(CC2)CC3)cc1. The molecule has 2 bridgehead atoms. The van der Waals surface area contributed by atoms with Crippen LogP contribution in [0.2, 0.25) is 0 Å². The van der Waals surface area contributed by atoms with Crippen LogP contribution in [0.4, 0.5) is 0 Å². The fraction of sp³-hybridized carbons (Fsp3) is 0.588. The lowest BCUT2D eigenvalue weighted by Gasteiger charge is -2.51. The van der Waals surface area contributed by atoms with Crippen LogP contribution in [0.1, 0.15) is 38.5 Å². The first-order valence-corrected chi connectivity index (χ1v) is 9.80. The largest absolute Gasteiger partial charge is 0.493 e. The van der Waals surface area contributed by atoms with Gasteiger partial charge < -0.3 is 9.84 Å². The molecule has 0 spiro atoms.